The van der Waals surface area contributed by atoms with Crippen LogP contribution in [0.4, 0.5) is 26.3 Å². The Balaban J connectivity index is 0.000000643. The number of ketones is 1. The van der Waals surface area contributed by atoms with Crippen LogP contribution in [0.25, 0.3) is 11.4 Å². The SMILES string of the molecule is C.NCC(F)(F)F.O=C(CCC(F)(F)F)c1ccn(-c2cccnc2)c1.O=C([O-])c1ccn(-c2cccnc2)c1.[Li+]. The maximum Gasteiger partial charge on any atom is 1.00 e. The van der Waals surface area contributed by atoms with Crippen LogP contribution in [0.1, 0.15) is 41.0 Å². The van der Waals surface area contributed by atoms with Crippen LogP contribution < -0.4 is 29.7 Å². The zero-order valence-corrected chi connectivity index (χ0v) is 21.1. The molecule has 2 N–H and O–H groups in total. The van der Waals surface area contributed by atoms with Gasteiger partial charge in [-0.2, -0.15) is 26.3 Å². The Bertz CT molecular complexity index is 1330. The average Bonchev–Trinajstić information content (AvgIpc) is 3.59. The normalized spacial score (nSPS) is 10.5. The molecular formula is C26H26F6LiN5O3. The number of carbonyl (C=O) groups excluding carboxylic acids is 2. The van der Waals surface area contributed by atoms with E-state index in [1.165, 1.54) is 24.5 Å². The number of aromatic nitrogens is 4. The van der Waals surface area contributed by atoms with Gasteiger partial charge in [0.05, 0.1) is 42.7 Å². The van der Waals surface area contributed by atoms with Gasteiger partial charge in [0.15, 0.2) is 5.78 Å². The van der Waals surface area contributed by atoms with Crippen molar-refractivity contribution in [3.8, 4) is 11.4 Å². The van der Waals surface area contributed by atoms with Crippen molar-refractivity contribution in [1.82, 2.24) is 19.1 Å². The largest absolute Gasteiger partial charge is 1.00 e. The van der Waals surface area contributed by atoms with Crippen molar-refractivity contribution in [2.24, 2.45) is 5.73 Å². The van der Waals surface area contributed by atoms with Crippen LogP contribution >= 0.6 is 0 Å². The van der Waals surface area contributed by atoms with Crippen molar-refractivity contribution in [3.05, 3.63) is 97.1 Å². The summed E-state index contributed by atoms with van der Waals surface area (Å²) >= 11 is 0. The molecule has 4 aromatic rings. The number of rotatable bonds is 6. The quantitative estimate of drug-likeness (QED) is 0.212. The van der Waals surface area contributed by atoms with Gasteiger partial charge in [-0.05, 0) is 36.4 Å². The fraction of sp³-hybridized carbons (Fsp3) is 0.231. The second-order valence-electron chi connectivity index (χ2n) is 7.68. The first kappa shape index (κ1) is 37.1. The number of halogens is 6. The minimum absolute atomic E-state index is 0. The summed E-state index contributed by atoms with van der Waals surface area (Å²) in [6.07, 6.45) is 2.70. The molecule has 0 atom stereocenters. The molecule has 216 valence electrons. The maximum atomic E-state index is 12.0. The Labute approximate surface area is 244 Å². The summed E-state index contributed by atoms with van der Waals surface area (Å²) in [6, 6.07) is 10.1. The molecule has 0 spiro atoms. The molecule has 0 bridgehead atoms. The fourth-order valence-corrected chi connectivity index (χ4v) is 2.81. The van der Waals surface area contributed by atoms with Gasteiger partial charge < -0.3 is 24.8 Å². The predicted molar refractivity (Wildman–Crippen MR) is 133 cm³/mol. The molecule has 0 aliphatic rings. The third-order valence-electron chi connectivity index (χ3n) is 4.70. The number of carboxylic acids is 1. The molecule has 4 rings (SSSR count). The van der Waals surface area contributed by atoms with Gasteiger partial charge in [0, 0.05) is 54.7 Å². The summed E-state index contributed by atoms with van der Waals surface area (Å²) in [4.78, 5) is 30.0. The first-order valence-corrected chi connectivity index (χ1v) is 11.0. The van der Waals surface area contributed by atoms with E-state index in [0.29, 0.717) is 0 Å². The van der Waals surface area contributed by atoms with Crippen LogP contribution in [0, 0.1) is 0 Å². The Kier molecular flexibility index (Phi) is 15.5. The number of nitrogens with zero attached hydrogens (tertiary/aromatic N) is 4. The third kappa shape index (κ3) is 13.9. The molecule has 0 aromatic carbocycles. The summed E-state index contributed by atoms with van der Waals surface area (Å²) in [6.45, 7) is -1.23. The van der Waals surface area contributed by atoms with Gasteiger partial charge in [-0.3, -0.25) is 14.8 Å². The monoisotopic (exact) mass is 577 g/mol. The summed E-state index contributed by atoms with van der Waals surface area (Å²) in [5, 5.41) is 10.5. The summed E-state index contributed by atoms with van der Waals surface area (Å²) in [5.41, 5.74) is 6.18. The van der Waals surface area contributed by atoms with Crippen molar-refractivity contribution >= 4 is 11.8 Å². The molecule has 0 aliphatic carbocycles. The van der Waals surface area contributed by atoms with Crippen LogP contribution in [-0.4, -0.2) is 49.8 Å². The van der Waals surface area contributed by atoms with E-state index in [1.807, 2.05) is 6.07 Å². The van der Waals surface area contributed by atoms with Crippen molar-refractivity contribution in [3.63, 3.8) is 0 Å². The number of hydrogen-bond donors (Lipinski definition) is 1. The zero-order chi connectivity index (χ0) is 29.1. The van der Waals surface area contributed by atoms with Crippen molar-refractivity contribution in [2.75, 3.05) is 6.54 Å². The molecule has 0 amide bonds. The molecule has 41 heavy (non-hydrogen) atoms. The van der Waals surface area contributed by atoms with E-state index in [1.54, 1.807) is 64.5 Å². The number of nitrogens with two attached hydrogens (primary N) is 1. The Morgan fingerprint density at radius 2 is 1.24 bits per heavy atom. The van der Waals surface area contributed by atoms with Gasteiger partial charge in [0.1, 0.15) is 0 Å². The van der Waals surface area contributed by atoms with Gasteiger partial charge in [-0.25, -0.2) is 0 Å². The summed E-state index contributed by atoms with van der Waals surface area (Å²) < 4.78 is 71.4. The molecular weight excluding hydrogens is 551 g/mol. The number of carbonyl (C=O) groups is 2. The number of aromatic carboxylic acids is 1. The Morgan fingerprint density at radius 3 is 1.59 bits per heavy atom. The first-order chi connectivity index (χ1) is 18.3. The zero-order valence-electron chi connectivity index (χ0n) is 21.1. The van der Waals surface area contributed by atoms with Crippen LogP contribution in [0.5, 0.6) is 0 Å². The van der Waals surface area contributed by atoms with Crippen LogP contribution in [0.2, 0.25) is 0 Å². The minimum atomic E-state index is -4.30. The van der Waals surface area contributed by atoms with E-state index in [2.05, 4.69) is 15.7 Å². The summed E-state index contributed by atoms with van der Waals surface area (Å²) in [7, 11) is 0. The fourth-order valence-electron chi connectivity index (χ4n) is 2.81. The molecule has 0 radical (unpaired) electrons. The number of Topliss-reactive ketones (excluding diaryl/α,β-unsaturated/α-hetero) is 1. The van der Waals surface area contributed by atoms with Gasteiger partial charge in [0.2, 0.25) is 0 Å². The van der Waals surface area contributed by atoms with E-state index in [9.17, 15) is 41.0 Å². The number of alkyl halides is 6. The minimum Gasteiger partial charge on any atom is -0.545 e. The number of pyridine rings is 2. The van der Waals surface area contributed by atoms with Gasteiger partial charge in [-0.1, -0.05) is 7.43 Å². The predicted octanol–water partition coefficient (Wildman–Crippen LogP) is 1.78. The van der Waals surface area contributed by atoms with Crippen molar-refractivity contribution < 1.29 is 59.9 Å². The van der Waals surface area contributed by atoms with Crippen LogP contribution in [-0.2, 0) is 0 Å². The molecule has 0 unspecified atom stereocenters. The van der Waals surface area contributed by atoms with Gasteiger partial charge >= 0.3 is 31.2 Å². The first-order valence-electron chi connectivity index (χ1n) is 11.0. The molecule has 4 heterocycles. The third-order valence-corrected chi connectivity index (χ3v) is 4.70. The second-order valence-corrected chi connectivity index (χ2v) is 7.68. The molecule has 15 heteroatoms. The molecule has 0 saturated heterocycles. The van der Waals surface area contributed by atoms with E-state index >= 15 is 0 Å². The van der Waals surface area contributed by atoms with Crippen LogP contribution in [0.3, 0.4) is 0 Å². The van der Waals surface area contributed by atoms with Crippen LogP contribution in [0.15, 0.2) is 86.0 Å². The van der Waals surface area contributed by atoms with Gasteiger partial charge in [0.25, 0.3) is 0 Å². The number of carboxylic acid groups (broad SMARTS) is 1. The number of hydrogen-bond acceptors (Lipinski definition) is 6. The standard InChI is InChI=1S/C13H11F3N2O.C10H8N2O2.C2H4F3N.CH4.Li/c14-13(15,16)5-3-12(19)10-4-7-18(9-10)11-2-1-6-17-8-11;13-10(14)8-3-5-12(7-8)9-2-1-4-11-6-9;3-2(4,5)1-6;;/h1-2,4,6-9H,3,5H2;1-7H,(H,13,14);1,6H2;1H4;/q;;;;+1/p-1. The summed E-state index contributed by atoms with van der Waals surface area (Å²) in [5.74, 6) is -1.69. The molecule has 4 aromatic heterocycles. The van der Waals surface area contributed by atoms with Crippen molar-refractivity contribution in [2.45, 2.75) is 32.6 Å². The molecule has 0 fully saturated rings. The van der Waals surface area contributed by atoms with Gasteiger partial charge in [-0.15, -0.1) is 0 Å². The average molecular weight is 577 g/mol. The van der Waals surface area contributed by atoms with E-state index in [0.717, 1.165) is 11.4 Å². The Morgan fingerprint density at radius 1 is 0.805 bits per heavy atom. The molecule has 8 nitrogen and oxygen atoms in total. The molecule has 0 aliphatic heterocycles. The Hall–Kier alpha value is -3.86. The molecule has 0 saturated carbocycles. The van der Waals surface area contributed by atoms with E-state index < -0.39 is 43.5 Å². The smallest absolute Gasteiger partial charge is 0.545 e. The van der Waals surface area contributed by atoms with Crippen molar-refractivity contribution in [1.29, 1.82) is 0 Å². The van der Waals surface area contributed by atoms with E-state index in [4.69, 9.17) is 0 Å². The maximum absolute atomic E-state index is 12.0. The topological polar surface area (TPSA) is 119 Å². The van der Waals surface area contributed by atoms with E-state index in [-0.39, 0.29) is 37.4 Å². The second kappa shape index (κ2) is 17.1.